The minimum absolute atomic E-state index is 0.0193. The number of amides is 1. The first kappa shape index (κ1) is 53.1. The second-order valence-electron chi connectivity index (χ2n) is 20.4. The second kappa shape index (κ2) is 20.8. The summed E-state index contributed by atoms with van der Waals surface area (Å²) in [4.78, 5) is 42.2. The van der Waals surface area contributed by atoms with Crippen molar-refractivity contribution in [1.82, 2.24) is 9.97 Å². The van der Waals surface area contributed by atoms with Crippen molar-refractivity contribution in [2.75, 3.05) is 24.7 Å². The summed E-state index contributed by atoms with van der Waals surface area (Å²) < 4.78 is 11.0. The Bertz CT molecular complexity index is 2890. The number of aliphatic hydroxyl groups excluding tert-OH is 6. The van der Waals surface area contributed by atoms with Gasteiger partial charge < -0.3 is 87.2 Å². The van der Waals surface area contributed by atoms with Gasteiger partial charge in [-0.05, 0) is 105 Å². The van der Waals surface area contributed by atoms with E-state index in [4.69, 9.17) is 20.9 Å². The van der Waals surface area contributed by atoms with E-state index >= 15 is 4.79 Å². The second-order valence-corrected chi connectivity index (χ2v) is 20.4. The van der Waals surface area contributed by atoms with Gasteiger partial charge in [0, 0.05) is 77.5 Å². The average molecular weight is 1040 g/mol. The zero-order valence-corrected chi connectivity index (χ0v) is 40.8. The molecule has 12 atom stereocenters. The van der Waals surface area contributed by atoms with E-state index in [0.717, 1.165) is 22.6 Å². The highest BCUT2D eigenvalue weighted by atomic mass is 16.8. The molecule has 0 unspecified atom stereocenters. The normalized spacial score (nSPS) is 30.2. The Kier molecular flexibility index (Phi) is 14.7. The van der Waals surface area contributed by atoms with Crippen LogP contribution in [-0.2, 0) is 32.6 Å². The Labute approximate surface area is 430 Å². The van der Waals surface area contributed by atoms with Crippen molar-refractivity contribution in [1.29, 1.82) is 0 Å². The van der Waals surface area contributed by atoms with Gasteiger partial charge in [-0.2, -0.15) is 0 Å². The van der Waals surface area contributed by atoms with Crippen LogP contribution < -0.4 is 21.1 Å². The molecule has 0 bridgehead atoms. The smallest absolute Gasteiger partial charge is 0.355 e. The number of rotatable bonds is 17. The fourth-order valence-corrected chi connectivity index (χ4v) is 13.1. The summed E-state index contributed by atoms with van der Waals surface area (Å²) in [5, 5.41) is 137. The van der Waals surface area contributed by atoms with Gasteiger partial charge in [0.2, 0.25) is 5.75 Å². The molecule has 2 fully saturated rings. The number of nitrogens with one attached hydrogen (secondary N) is 1. The predicted octanol–water partition coefficient (Wildman–Crippen LogP) is 1.33. The predicted molar refractivity (Wildman–Crippen MR) is 267 cm³/mol. The van der Waals surface area contributed by atoms with Gasteiger partial charge in [-0.25, -0.2) is 9.78 Å². The van der Waals surface area contributed by atoms with Crippen LogP contribution >= 0.6 is 0 Å². The number of guanidine groups is 1. The van der Waals surface area contributed by atoms with Gasteiger partial charge in [-0.1, -0.05) is 30.2 Å². The number of aliphatic imine (C=N–C) groups is 1. The Balaban J connectivity index is 1.26. The molecule has 22 heteroatoms. The van der Waals surface area contributed by atoms with Crippen LogP contribution in [0.25, 0.3) is 6.08 Å². The van der Waals surface area contributed by atoms with Crippen LogP contribution in [0.2, 0.25) is 0 Å². The summed E-state index contributed by atoms with van der Waals surface area (Å²) in [5.74, 6) is -12.9. The lowest BCUT2D eigenvalue weighted by molar-refractivity contribution is -0.422. The van der Waals surface area contributed by atoms with E-state index in [1.807, 2.05) is 6.07 Å². The number of carbonyl (C=O) groups is 2. The fourth-order valence-electron chi connectivity index (χ4n) is 13.1. The van der Waals surface area contributed by atoms with Crippen molar-refractivity contribution in [2.45, 2.75) is 118 Å². The number of nitrogens with zero attached hydrogens (tertiary/aromatic N) is 3. The molecule has 2 aliphatic heterocycles. The number of hydrogen-bond donors (Lipinski definition) is 15. The number of aryl methyl sites for hydroxylation is 1. The molecule has 4 aromatic rings. The molecule has 9 rings (SSSR count). The third-order valence-electron chi connectivity index (χ3n) is 16.3. The van der Waals surface area contributed by atoms with E-state index in [-0.39, 0.29) is 66.9 Å². The van der Waals surface area contributed by atoms with Crippen molar-refractivity contribution in [2.24, 2.45) is 34.2 Å². The number of carboxylic acid groups (broad SMARTS) is 1. The number of aliphatic carboxylic acids is 1. The Morgan fingerprint density at radius 3 is 2.47 bits per heavy atom. The third-order valence-corrected chi connectivity index (χ3v) is 16.3. The number of hydrogen-bond acceptors (Lipinski definition) is 17. The quantitative estimate of drug-likeness (QED) is 0.0135. The number of carbonyl (C=O) groups excluding carboxylic acids is 1. The highest BCUT2D eigenvalue weighted by molar-refractivity contribution is 6.13. The van der Waals surface area contributed by atoms with Crippen LogP contribution in [0.1, 0.15) is 90.8 Å². The monoisotopic (exact) mass is 1040 g/mol. The van der Waals surface area contributed by atoms with Crippen LogP contribution in [0.15, 0.2) is 77.7 Å². The van der Waals surface area contributed by atoms with Gasteiger partial charge in [-0.3, -0.25) is 14.7 Å². The molecule has 3 aromatic carbocycles. The first-order valence-corrected chi connectivity index (χ1v) is 25.1. The van der Waals surface area contributed by atoms with Crippen LogP contribution in [0.3, 0.4) is 0 Å². The molecule has 0 spiro atoms. The topological polar surface area (TPSA) is 392 Å². The number of nitrogens with two attached hydrogens (primary N) is 2. The number of phenols is 4. The molecule has 17 N–H and O–H groups in total. The molecule has 22 nitrogen and oxygen atoms in total. The summed E-state index contributed by atoms with van der Waals surface area (Å²) in [6.45, 7) is -1.18. The van der Waals surface area contributed by atoms with Crippen molar-refractivity contribution in [3.05, 3.63) is 106 Å². The van der Waals surface area contributed by atoms with E-state index in [1.165, 1.54) is 36.7 Å². The Morgan fingerprint density at radius 1 is 0.973 bits per heavy atom. The number of aromatic amines is 1. The Morgan fingerprint density at radius 2 is 1.76 bits per heavy atom. The average Bonchev–Trinajstić information content (AvgIpc) is 4.11. The Hall–Kier alpha value is -6.76. The molecule has 1 aromatic heterocycles. The van der Waals surface area contributed by atoms with Crippen molar-refractivity contribution >= 4 is 29.6 Å². The van der Waals surface area contributed by atoms with Crippen molar-refractivity contribution in [3.8, 4) is 28.7 Å². The van der Waals surface area contributed by atoms with E-state index in [0.29, 0.717) is 66.5 Å². The largest absolute Gasteiger partial charge is 0.508 e. The minimum atomic E-state index is -3.35. The summed E-state index contributed by atoms with van der Waals surface area (Å²) in [5.41, 5.74) is 9.77. The lowest BCUT2D eigenvalue weighted by atomic mass is 9.45. The lowest BCUT2D eigenvalue weighted by Gasteiger charge is -2.58. The molecule has 1 amide bonds. The van der Waals surface area contributed by atoms with E-state index in [2.05, 4.69) is 15.0 Å². The van der Waals surface area contributed by atoms with Crippen molar-refractivity contribution in [3.63, 3.8) is 0 Å². The lowest BCUT2D eigenvalue weighted by Crippen LogP contribution is -2.67. The van der Waals surface area contributed by atoms with Gasteiger partial charge in [-0.15, -0.1) is 0 Å². The molecule has 3 aliphatic carbocycles. The number of allylic oxidation sites excluding steroid dienone is 1. The summed E-state index contributed by atoms with van der Waals surface area (Å²) in [6.07, 6.45) is 1.35. The molecule has 402 valence electrons. The maximum absolute atomic E-state index is 15.5. The molecule has 1 saturated carbocycles. The number of anilines is 1. The van der Waals surface area contributed by atoms with Crippen LogP contribution in [0, 0.1) is 17.8 Å². The first-order valence-electron chi connectivity index (χ1n) is 25.1. The van der Waals surface area contributed by atoms with E-state index in [1.54, 1.807) is 18.3 Å². The molecular weight excluding hydrogens is 977 g/mol. The van der Waals surface area contributed by atoms with Gasteiger partial charge >= 0.3 is 11.9 Å². The number of ether oxygens (including phenoxy) is 2. The SMILES string of the molecule is NC(N)=NCCC[C@H](O)CCC1=C[C@]2(C(=O)O)[C@@H](c3c(cc(O[C@]4(O)O[C@H](CO)[C@@H](O)[C@H](O)[C@H]4O)c(O)c3O)N2C(=O)/C=C/c2ccc(O)c(Cc3cnc[nH]3)c2)[C@@H]1[C@@]12c3c(O)cccc3CC[C@H]1CCC[C@@H]2CO. The molecule has 5 aliphatic rings. The zero-order valence-electron chi connectivity index (χ0n) is 40.8. The third kappa shape index (κ3) is 9.01. The molecule has 1 saturated heterocycles. The van der Waals surface area contributed by atoms with Crippen LogP contribution in [-0.4, -0.2) is 151 Å². The standard InChI is InChI=1S/C53H64N6O16/c54-50(55)57-17-3-7-33(62)14-12-28-21-51(49(71)72)43(42(28)52-30(5-2-6-31(52)23-60)13-11-27-4-1-8-36(64)41(27)52)40-34(20-37(44(66)46(40)68)74-53(73)48(70)47(69)45(67)38(24-61)75-53)59(51)39(65)16-10-26-9-15-35(63)29(18-26)19-32-22-56-25-58-32/h1,4,8-10,15-16,18,20-22,25,30-31,33,38,42-43,45,47-48,60-64,66-70,73H,2-3,5-7,11-14,17,19,23-24H2,(H,56,58)(H,71,72)(H4,54,55,57)/b16-10+/t30-,31-,33+,38-,42-,43+,45-,47+,48-,51-,52+,53+/m1/s1. The highest BCUT2D eigenvalue weighted by Gasteiger charge is 2.71. The van der Waals surface area contributed by atoms with Gasteiger partial charge in [0.25, 0.3) is 5.91 Å². The minimum Gasteiger partial charge on any atom is -0.508 e. The van der Waals surface area contributed by atoms with E-state index in [9.17, 15) is 66.1 Å². The number of fused-ring (bicyclic) bond motifs is 6. The number of aliphatic hydroxyl groups is 7. The van der Waals surface area contributed by atoms with Gasteiger partial charge in [0.15, 0.2) is 29.1 Å². The van der Waals surface area contributed by atoms with Gasteiger partial charge in [0.1, 0.15) is 29.8 Å². The number of aromatic nitrogens is 2. The number of aromatic hydroxyl groups is 4. The summed E-state index contributed by atoms with van der Waals surface area (Å²) in [6, 6.07) is 10.6. The number of benzene rings is 3. The summed E-state index contributed by atoms with van der Waals surface area (Å²) in [7, 11) is 0. The fraction of sp³-hybridized carbons (Fsp3) is 0.472. The van der Waals surface area contributed by atoms with Gasteiger partial charge in [0.05, 0.1) is 24.7 Å². The van der Waals surface area contributed by atoms with Crippen LogP contribution in [0.4, 0.5) is 5.69 Å². The molecule has 0 radical (unpaired) electrons. The van der Waals surface area contributed by atoms with Crippen LogP contribution in [0.5, 0.6) is 28.7 Å². The zero-order chi connectivity index (χ0) is 53.7. The van der Waals surface area contributed by atoms with Crippen molar-refractivity contribution < 1.29 is 80.3 Å². The first-order chi connectivity index (χ1) is 35.8. The number of carboxylic acids is 1. The number of H-pyrrole nitrogens is 1. The summed E-state index contributed by atoms with van der Waals surface area (Å²) >= 11 is 0. The molecular formula is C53H64N6O16. The highest BCUT2D eigenvalue weighted by Crippen LogP contribution is 2.72. The number of phenolic OH excluding ortho intramolecular Hbond substituents is 4. The number of imidazole rings is 1. The molecule has 3 heterocycles. The maximum Gasteiger partial charge on any atom is 0.355 e. The maximum atomic E-state index is 15.5. The van der Waals surface area contributed by atoms with E-state index < -0.39 is 108 Å². The molecule has 75 heavy (non-hydrogen) atoms.